The second-order valence-corrected chi connectivity index (χ2v) is 3.52. The van der Waals surface area contributed by atoms with E-state index in [2.05, 4.69) is 0 Å². The lowest BCUT2D eigenvalue weighted by atomic mass is 9.98. The Morgan fingerprint density at radius 2 is 1.67 bits per heavy atom. The Bertz CT molecular complexity index is 407. The minimum atomic E-state index is -2.33. The number of carbonyl (C=O) groups is 1. The standard InChI is InChI=1S/C10H8F4O/c1-10(2,14)9(15)5-3-4-6(11)8(13)7(5)12/h3-4H,1-2H3. The Kier molecular flexibility index (Phi) is 2.83. The van der Waals surface area contributed by atoms with Crippen LogP contribution in [-0.2, 0) is 0 Å². The minimum absolute atomic E-state index is 0.581. The topological polar surface area (TPSA) is 17.1 Å². The zero-order valence-electron chi connectivity index (χ0n) is 8.07. The van der Waals surface area contributed by atoms with Gasteiger partial charge in [0.1, 0.15) is 0 Å². The number of hydrogen-bond acceptors (Lipinski definition) is 1. The Balaban J connectivity index is 3.29. The number of alkyl halides is 1. The van der Waals surface area contributed by atoms with Gasteiger partial charge < -0.3 is 0 Å². The van der Waals surface area contributed by atoms with Crippen molar-refractivity contribution < 1.29 is 22.4 Å². The van der Waals surface area contributed by atoms with Gasteiger partial charge in [0.05, 0.1) is 5.56 Å². The van der Waals surface area contributed by atoms with Crippen LogP contribution in [-0.4, -0.2) is 11.5 Å². The Morgan fingerprint density at radius 1 is 1.13 bits per heavy atom. The van der Waals surface area contributed by atoms with Crippen LogP contribution in [0.15, 0.2) is 12.1 Å². The van der Waals surface area contributed by atoms with Gasteiger partial charge in [0.2, 0.25) is 5.78 Å². The monoisotopic (exact) mass is 220 g/mol. The average molecular weight is 220 g/mol. The van der Waals surface area contributed by atoms with Gasteiger partial charge in [0.15, 0.2) is 23.1 Å². The number of rotatable bonds is 2. The summed E-state index contributed by atoms with van der Waals surface area (Å²) in [6.07, 6.45) is 0. The molecule has 1 aromatic rings. The average Bonchev–Trinajstić information content (AvgIpc) is 2.12. The number of Topliss-reactive ketones (excluding diaryl/α,β-unsaturated/α-hetero) is 1. The SMILES string of the molecule is CC(C)(F)C(=O)c1ccc(F)c(F)c1F. The van der Waals surface area contributed by atoms with Crippen molar-refractivity contribution in [2.75, 3.05) is 0 Å². The molecule has 0 bridgehead atoms. The molecule has 0 fully saturated rings. The molecule has 1 aromatic carbocycles. The largest absolute Gasteiger partial charge is 0.290 e. The van der Waals surface area contributed by atoms with Crippen molar-refractivity contribution >= 4 is 5.78 Å². The molecule has 15 heavy (non-hydrogen) atoms. The van der Waals surface area contributed by atoms with Gasteiger partial charge in [-0.2, -0.15) is 0 Å². The van der Waals surface area contributed by atoms with E-state index < -0.39 is 34.5 Å². The van der Waals surface area contributed by atoms with Crippen LogP contribution >= 0.6 is 0 Å². The van der Waals surface area contributed by atoms with Crippen molar-refractivity contribution in [3.05, 3.63) is 35.1 Å². The Labute approximate surface area is 83.7 Å². The normalized spacial score (nSPS) is 11.6. The quantitative estimate of drug-likeness (QED) is 0.425. The van der Waals surface area contributed by atoms with Crippen LogP contribution in [0, 0.1) is 17.5 Å². The first-order valence-corrected chi connectivity index (χ1v) is 4.12. The molecule has 0 aromatic heterocycles. The fourth-order valence-corrected chi connectivity index (χ4v) is 1.02. The van der Waals surface area contributed by atoms with Gasteiger partial charge in [-0.25, -0.2) is 17.6 Å². The third-order valence-electron chi connectivity index (χ3n) is 1.82. The maximum absolute atomic E-state index is 13.1. The van der Waals surface area contributed by atoms with Gasteiger partial charge in [0, 0.05) is 0 Å². The number of carbonyl (C=O) groups excluding carboxylic acids is 1. The zero-order valence-corrected chi connectivity index (χ0v) is 8.07. The summed E-state index contributed by atoms with van der Waals surface area (Å²) in [7, 11) is 0. The molecular weight excluding hydrogens is 212 g/mol. The number of benzene rings is 1. The summed E-state index contributed by atoms with van der Waals surface area (Å²) in [6, 6.07) is 1.30. The Morgan fingerprint density at radius 3 is 2.13 bits per heavy atom. The highest BCUT2D eigenvalue weighted by molar-refractivity contribution is 6.02. The van der Waals surface area contributed by atoms with Gasteiger partial charge in [-0.05, 0) is 26.0 Å². The highest BCUT2D eigenvalue weighted by Crippen LogP contribution is 2.22. The van der Waals surface area contributed by atoms with E-state index in [1.807, 2.05) is 0 Å². The van der Waals surface area contributed by atoms with E-state index in [-0.39, 0.29) is 0 Å². The maximum Gasteiger partial charge on any atom is 0.202 e. The van der Waals surface area contributed by atoms with Gasteiger partial charge >= 0.3 is 0 Å². The summed E-state index contributed by atoms with van der Waals surface area (Å²) >= 11 is 0. The third kappa shape index (κ3) is 2.16. The number of halogens is 4. The molecule has 0 heterocycles. The second-order valence-electron chi connectivity index (χ2n) is 3.52. The van der Waals surface area contributed by atoms with E-state index in [0.717, 1.165) is 19.9 Å². The van der Waals surface area contributed by atoms with E-state index in [0.29, 0.717) is 6.07 Å². The fraction of sp³-hybridized carbons (Fsp3) is 0.300. The molecule has 0 unspecified atom stereocenters. The van der Waals surface area contributed by atoms with Crippen molar-refractivity contribution in [1.29, 1.82) is 0 Å². The highest BCUT2D eigenvalue weighted by atomic mass is 19.2. The highest BCUT2D eigenvalue weighted by Gasteiger charge is 2.31. The zero-order chi connectivity index (χ0) is 11.8. The first-order chi connectivity index (χ1) is 6.75. The van der Waals surface area contributed by atoms with E-state index in [1.165, 1.54) is 0 Å². The summed E-state index contributed by atoms with van der Waals surface area (Å²) < 4.78 is 51.4. The van der Waals surface area contributed by atoms with Gasteiger partial charge in [-0.3, -0.25) is 4.79 Å². The maximum atomic E-state index is 13.1. The molecule has 1 rings (SSSR count). The molecular formula is C10H8F4O. The molecule has 0 atom stereocenters. The summed E-state index contributed by atoms with van der Waals surface area (Å²) in [5.74, 6) is -6.07. The van der Waals surface area contributed by atoms with E-state index >= 15 is 0 Å². The predicted molar refractivity (Wildman–Crippen MR) is 45.8 cm³/mol. The van der Waals surface area contributed by atoms with Gasteiger partial charge in [-0.15, -0.1) is 0 Å². The van der Waals surface area contributed by atoms with E-state index in [1.54, 1.807) is 0 Å². The molecule has 0 aliphatic rings. The lowest BCUT2D eigenvalue weighted by Crippen LogP contribution is -2.27. The molecule has 82 valence electrons. The molecule has 0 spiro atoms. The fourth-order valence-electron chi connectivity index (χ4n) is 1.02. The van der Waals surface area contributed by atoms with Gasteiger partial charge in [0.25, 0.3) is 0 Å². The summed E-state index contributed by atoms with van der Waals surface area (Å²) in [5, 5.41) is 0. The van der Waals surface area contributed by atoms with Gasteiger partial charge in [-0.1, -0.05) is 0 Å². The number of hydrogen-bond donors (Lipinski definition) is 0. The van der Waals surface area contributed by atoms with Crippen LogP contribution in [0.25, 0.3) is 0 Å². The molecule has 0 saturated heterocycles. The molecule has 0 saturated carbocycles. The smallest absolute Gasteiger partial charge is 0.202 e. The van der Waals surface area contributed by atoms with Crippen molar-refractivity contribution in [2.24, 2.45) is 0 Å². The lowest BCUT2D eigenvalue weighted by Gasteiger charge is -2.13. The first-order valence-electron chi connectivity index (χ1n) is 4.12. The molecule has 1 nitrogen and oxygen atoms in total. The predicted octanol–water partition coefficient (Wildman–Crippen LogP) is 3.03. The van der Waals surface area contributed by atoms with Crippen LogP contribution in [0.4, 0.5) is 17.6 Å². The molecule has 0 amide bonds. The van der Waals surface area contributed by atoms with Crippen LogP contribution in [0.3, 0.4) is 0 Å². The minimum Gasteiger partial charge on any atom is -0.290 e. The molecule has 0 aliphatic carbocycles. The second kappa shape index (κ2) is 3.64. The van der Waals surface area contributed by atoms with Crippen LogP contribution in [0.1, 0.15) is 24.2 Å². The van der Waals surface area contributed by atoms with Crippen LogP contribution < -0.4 is 0 Å². The molecule has 0 N–H and O–H groups in total. The van der Waals surface area contributed by atoms with Crippen molar-refractivity contribution in [3.8, 4) is 0 Å². The van der Waals surface area contributed by atoms with Crippen LogP contribution in [0.5, 0.6) is 0 Å². The summed E-state index contributed by atoms with van der Waals surface area (Å²) in [6.45, 7) is 1.83. The third-order valence-corrected chi connectivity index (χ3v) is 1.82. The van der Waals surface area contributed by atoms with Crippen molar-refractivity contribution in [1.82, 2.24) is 0 Å². The van der Waals surface area contributed by atoms with Crippen LogP contribution in [0.2, 0.25) is 0 Å². The summed E-state index contributed by atoms with van der Waals surface area (Å²) in [5.41, 5.74) is -3.12. The molecule has 0 aliphatic heterocycles. The summed E-state index contributed by atoms with van der Waals surface area (Å²) in [4.78, 5) is 11.2. The van der Waals surface area contributed by atoms with E-state index in [9.17, 15) is 22.4 Å². The number of ketones is 1. The molecule has 0 radical (unpaired) electrons. The first kappa shape index (κ1) is 11.7. The van der Waals surface area contributed by atoms with Crippen molar-refractivity contribution in [3.63, 3.8) is 0 Å². The molecule has 5 heteroatoms. The van der Waals surface area contributed by atoms with E-state index in [4.69, 9.17) is 0 Å². The van der Waals surface area contributed by atoms with Crippen molar-refractivity contribution in [2.45, 2.75) is 19.5 Å². The Hall–Kier alpha value is -1.39. The lowest BCUT2D eigenvalue weighted by molar-refractivity contribution is 0.0754.